The molecule has 2 N–H and O–H groups in total. The lowest BCUT2D eigenvalue weighted by atomic mass is 10.2. The molecule has 0 radical (unpaired) electrons. The first kappa shape index (κ1) is 12.5. The largest absolute Gasteiger partial charge is 0.390 e. The number of aryl methyl sites for hydroxylation is 1. The number of aliphatic hydroxyl groups is 1. The van der Waals surface area contributed by atoms with Crippen molar-refractivity contribution in [3.8, 4) is 0 Å². The van der Waals surface area contributed by atoms with E-state index in [1.165, 1.54) is 6.20 Å². The van der Waals surface area contributed by atoms with Crippen LogP contribution in [0.4, 0.5) is 8.78 Å². The lowest BCUT2D eigenvalue weighted by Crippen LogP contribution is -2.39. The van der Waals surface area contributed by atoms with Crippen molar-refractivity contribution >= 4 is 5.91 Å². The summed E-state index contributed by atoms with van der Waals surface area (Å²) in [5.74, 6) is -3.93. The van der Waals surface area contributed by atoms with Gasteiger partial charge in [0.1, 0.15) is 6.61 Å². The lowest BCUT2D eigenvalue weighted by Gasteiger charge is -2.13. The molecule has 1 aromatic heterocycles. The van der Waals surface area contributed by atoms with Crippen LogP contribution in [0.2, 0.25) is 0 Å². The minimum Gasteiger partial charge on any atom is -0.390 e. The third-order valence-electron chi connectivity index (χ3n) is 1.88. The van der Waals surface area contributed by atoms with Crippen molar-refractivity contribution in [1.82, 2.24) is 10.3 Å². The molecule has 0 unspecified atom stereocenters. The van der Waals surface area contributed by atoms with Crippen molar-refractivity contribution in [3.63, 3.8) is 0 Å². The van der Waals surface area contributed by atoms with Gasteiger partial charge >= 0.3 is 0 Å². The van der Waals surface area contributed by atoms with Gasteiger partial charge < -0.3 is 10.4 Å². The summed E-state index contributed by atoms with van der Waals surface area (Å²) >= 11 is 0. The van der Waals surface area contributed by atoms with Gasteiger partial charge in [0.05, 0.1) is 12.1 Å². The minimum absolute atomic E-state index is 0.216. The third kappa shape index (κ3) is 3.54. The fraction of sp³-hybridized carbons (Fsp3) is 0.400. The van der Waals surface area contributed by atoms with Crippen molar-refractivity contribution in [3.05, 3.63) is 29.6 Å². The average molecular weight is 230 g/mol. The van der Waals surface area contributed by atoms with Gasteiger partial charge in [-0.15, -0.1) is 0 Å². The number of halogens is 2. The monoisotopic (exact) mass is 230 g/mol. The molecular formula is C10H12F2N2O2. The zero-order valence-electron chi connectivity index (χ0n) is 8.70. The van der Waals surface area contributed by atoms with E-state index in [4.69, 9.17) is 5.11 Å². The Morgan fingerprint density at radius 1 is 1.56 bits per heavy atom. The quantitative estimate of drug-likeness (QED) is 0.802. The van der Waals surface area contributed by atoms with Gasteiger partial charge in [0.25, 0.3) is 11.8 Å². The molecule has 1 aromatic rings. The number of carbonyl (C=O) groups is 1. The van der Waals surface area contributed by atoms with E-state index < -0.39 is 25.0 Å². The van der Waals surface area contributed by atoms with Crippen LogP contribution in [0.25, 0.3) is 0 Å². The number of hydrogen-bond acceptors (Lipinski definition) is 3. The molecule has 0 bridgehead atoms. The molecule has 0 spiro atoms. The van der Waals surface area contributed by atoms with Gasteiger partial charge in [0, 0.05) is 12.4 Å². The van der Waals surface area contributed by atoms with Crippen LogP contribution in [0.1, 0.15) is 15.9 Å². The van der Waals surface area contributed by atoms with Crippen molar-refractivity contribution in [2.24, 2.45) is 0 Å². The summed E-state index contributed by atoms with van der Waals surface area (Å²) in [5, 5.41) is 10.3. The normalized spacial score (nSPS) is 11.2. The second-order valence-electron chi connectivity index (χ2n) is 3.45. The summed E-state index contributed by atoms with van der Waals surface area (Å²) in [6.45, 7) is -0.443. The minimum atomic E-state index is -3.30. The molecule has 6 heteroatoms. The van der Waals surface area contributed by atoms with Crippen LogP contribution >= 0.6 is 0 Å². The Labute approximate surface area is 91.3 Å². The number of carbonyl (C=O) groups excluding carboxylic acids is 1. The van der Waals surface area contributed by atoms with Crippen LogP contribution in [-0.2, 0) is 0 Å². The third-order valence-corrected chi connectivity index (χ3v) is 1.88. The maximum Gasteiger partial charge on any atom is 0.287 e. The summed E-state index contributed by atoms with van der Waals surface area (Å²) < 4.78 is 25.3. The van der Waals surface area contributed by atoms with E-state index in [1.54, 1.807) is 19.2 Å². The first-order chi connectivity index (χ1) is 7.44. The van der Waals surface area contributed by atoms with Gasteiger partial charge in [-0.25, -0.2) is 8.78 Å². The molecule has 1 rings (SSSR count). The Morgan fingerprint density at radius 2 is 2.25 bits per heavy atom. The van der Waals surface area contributed by atoms with Crippen LogP contribution in [0, 0.1) is 6.92 Å². The van der Waals surface area contributed by atoms with E-state index in [0.29, 0.717) is 0 Å². The Hall–Kier alpha value is -1.56. The molecule has 0 aliphatic rings. The van der Waals surface area contributed by atoms with E-state index in [9.17, 15) is 13.6 Å². The van der Waals surface area contributed by atoms with E-state index in [2.05, 4.69) is 4.98 Å². The molecule has 16 heavy (non-hydrogen) atoms. The summed E-state index contributed by atoms with van der Waals surface area (Å²) in [6, 6.07) is 1.54. The Kier molecular flexibility index (Phi) is 3.89. The van der Waals surface area contributed by atoms with Gasteiger partial charge in [0.2, 0.25) is 0 Å². The fourth-order valence-electron chi connectivity index (χ4n) is 1.05. The second-order valence-corrected chi connectivity index (χ2v) is 3.45. The van der Waals surface area contributed by atoms with Crippen molar-refractivity contribution in [2.75, 3.05) is 13.2 Å². The Morgan fingerprint density at radius 3 is 2.81 bits per heavy atom. The molecule has 0 saturated carbocycles. The molecular weight excluding hydrogens is 218 g/mol. The first-order valence-corrected chi connectivity index (χ1v) is 4.63. The average Bonchev–Trinajstić information content (AvgIpc) is 2.26. The first-order valence-electron chi connectivity index (χ1n) is 4.63. The standard InChI is InChI=1S/C10H12F2N2O2/c1-7-2-8(4-13-3-7)9(16)14-5-10(11,12)6-15/h2-4,15H,5-6H2,1H3,(H,14,16). The van der Waals surface area contributed by atoms with Crippen molar-refractivity contribution < 1.29 is 18.7 Å². The number of alkyl halides is 2. The number of hydrogen-bond donors (Lipinski definition) is 2. The Balaban J connectivity index is 2.60. The SMILES string of the molecule is Cc1cncc(C(=O)NCC(F)(F)CO)c1. The van der Waals surface area contributed by atoms with E-state index in [1.807, 2.05) is 5.32 Å². The molecule has 0 aliphatic carbocycles. The maximum atomic E-state index is 12.6. The van der Waals surface area contributed by atoms with Gasteiger partial charge in [-0.1, -0.05) is 0 Å². The molecule has 1 amide bonds. The van der Waals surface area contributed by atoms with Gasteiger partial charge in [-0.2, -0.15) is 0 Å². The topological polar surface area (TPSA) is 62.2 Å². The van der Waals surface area contributed by atoms with Gasteiger partial charge in [-0.05, 0) is 18.6 Å². The van der Waals surface area contributed by atoms with Crippen LogP contribution in [0.5, 0.6) is 0 Å². The van der Waals surface area contributed by atoms with Crippen molar-refractivity contribution in [2.45, 2.75) is 12.8 Å². The molecule has 0 fully saturated rings. The lowest BCUT2D eigenvalue weighted by molar-refractivity contribution is -0.0462. The van der Waals surface area contributed by atoms with E-state index in [0.717, 1.165) is 5.56 Å². The number of pyridine rings is 1. The summed E-state index contributed by atoms with van der Waals surface area (Å²) in [7, 11) is 0. The maximum absolute atomic E-state index is 12.6. The Bertz CT molecular complexity index is 383. The molecule has 0 saturated heterocycles. The fourth-order valence-corrected chi connectivity index (χ4v) is 1.05. The highest BCUT2D eigenvalue weighted by Gasteiger charge is 2.28. The zero-order valence-corrected chi connectivity index (χ0v) is 8.70. The molecule has 4 nitrogen and oxygen atoms in total. The highest BCUT2D eigenvalue weighted by atomic mass is 19.3. The molecule has 0 atom stereocenters. The highest BCUT2D eigenvalue weighted by Crippen LogP contribution is 2.10. The van der Waals surface area contributed by atoms with Crippen LogP contribution in [-0.4, -0.2) is 35.1 Å². The number of nitrogens with one attached hydrogen (secondary N) is 1. The summed E-state index contributed by atoms with van der Waals surface area (Å²) in [4.78, 5) is 15.2. The van der Waals surface area contributed by atoms with Crippen LogP contribution < -0.4 is 5.32 Å². The summed E-state index contributed by atoms with van der Waals surface area (Å²) in [5.41, 5.74) is 0.982. The number of aromatic nitrogens is 1. The van der Waals surface area contributed by atoms with E-state index >= 15 is 0 Å². The predicted octanol–water partition coefficient (Wildman–Crippen LogP) is 0.747. The number of aliphatic hydroxyl groups excluding tert-OH is 1. The second kappa shape index (κ2) is 4.98. The van der Waals surface area contributed by atoms with Gasteiger partial charge in [-0.3, -0.25) is 9.78 Å². The number of nitrogens with zero attached hydrogens (tertiary/aromatic N) is 1. The molecule has 0 aliphatic heterocycles. The highest BCUT2D eigenvalue weighted by molar-refractivity contribution is 5.94. The van der Waals surface area contributed by atoms with Crippen LogP contribution in [0.3, 0.4) is 0 Å². The van der Waals surface area contributed by atoms with E-state index in [-0.39, 0.29) is 5.56 Å². The number of rotatable bonds is 4. The predicted molar refractivity (Wildman–Crippen MR) is 53.3 cm³/mol. The molecule has 1 heterocycles. The zero-order chi connectivity index (χ0) is 12.2. The smallest absolute Gasteiger partial charge is 0.287 e. The molecule has 88 valence electrons. The van der Waals surface area contributed by atoms with Crippen LogP contribution in [0.15, 0.2) is 18.5 Å². The van der Waals surface area contributed by atoms with Gasteiger partial charge in [0.15, 0.2) is 0 Å². The van der Waals surface area contributed by atoms with Crippen molar-refractivity contribution in [1.29, 1.82) is 0 Å². The molecule has 0 aromatic carbocycles. The number of amides is 1. The summed E-state index contributed by atoms with van der Waals surface area (Å²) in [6.07, 6.45) is 2.85.